The molecular weight excluding hydrogens is 388 g/mol. The summed E-state index contributed by atoms with van der Waals surface area (Å²) in [7, 11) is 0. The van der Waals surface area contributed by atoms with E-state index in [-0.39, 0.29) is 23.7 Å². The van der Waals surface area contributed by atoms with Crippen LogP contribution in [0.3, 0.4) is 0 Å². The lowest BCUT2D eigenvalue weighted by molar-refractivity contribution is -0.385. The fourth-order valence-corrected chi connectivity index (χ4v) is 2.28. The molecule has 0 saturated heterocycles. The zero-order chi connectivity index (χ0) is 21.6. The average molecular weight is 408 g/mol. The summed E-state index contributed by atoms with van der Waals surface area (Å²) in [6.07, 6.45) is -4.46. The summed E-state index contributed by atoms with van der Waals surface area (Å²) in [6, 6.07) is 9.20. The molecule has 29 heavy (non-hydrogen) atoms. The predicted octanol–water partition coefficient (Wildman–Crippen LogP) is 0.295. The minimum Gasteiger partial charge on any atom is -0.492 e. The molecule has 2 aromatic carbocycles. The number of ether oxygens (including phenoxy) is 2. The molecule has 0 fully saturated rings. The molecule has 2 aromatic rings. The highest BCUT2D eigenvalue weighted by molar-refractivity contribution is 5.36. The maximum absolute atomic E-state index is 10.6. The van der Waals surface area contributed by atoms with Gasteiger partial charge >= 0.3 is 0 Å². The first kappa shape index (κ1) is 22.0. The van der Waals surface area contributed by atoms with Gasteiger partial charge in [-0.1, -0.05) is 0 Å². The first-order chi connectivity index (χ1) is 13.7. The first-order valence-electron chi connectivity index (χ1n) is 8.34. The molecule has 0 aliphatic carbocycles. The molecule has 12 nitrogen and oxygen atoms in total. The lowest BCUT2D eigenvalue weighted by Gasteiger charge is -2.28. The fraction of sp³-hybridized carbons (Fsp3) is 0.294. The Morgan fingerprint density at radius 2 is 1.28 bits per heavy atom. The second-order valence-corrected chi connectivity index (χ2v) is 6.04. The Bertz CT molecular complexity index is 830. The number of aliphatic hydroxyl groups is 2. The molecule has 0 aromatic heterocycles. The second-order valence-electron chi connectivity index (χ2n) is 6.04. The Hall–Kier alpha value is -3.32. The first-order valence-corrected chi connectivity index (χ1v) is 8.34. The minimum absolute atomic E-state index is 0.105. The molecule has 4 atom stereocenters. The van der Waals surface area contributed by atoms with Crippen molar-refractivity contribution in [2.45, 2.75) is 24.5 Å². The van der Waals surface area contributed by atoms with Gasteiger partial charge in [0.25, 0.3) is 11.4 Å². The number of non-ortho nitro benzene ring substituents is 2. The Labute approximate surface area is 164 Å². The zero-order valence-corrected chi connectivity index (χ0v) is 15.0. The van der Waals surface area contributed by atoms with E-state index in [0.717, 1.165) is 0 Å². The van der Waals surface area contributed by atoms with Crippen molar-refractivity contribution in [3.63, 3.8) is 0 Å². The number of hydrogen-bond donors (Lipinski definition) is 4. The number of hydrogen-bond acceptors (Lipinski definition) is 10. The lowest BCUT2D eigenvalue weighted by Crippen LogP contribution is -2.54. The highest BCUT2D eigenvalue weighted by Crippen LogP contribution is 2.20. The molecule has 0 spiro atoms. The van der Waals surface area contributed by atoms with E-state index in [9.17, 15) is 30.4 Å². The smallest absolute Gasteiger partial charge is 0.269 e. The molecule has 0 aliphatic rings. The van der Waals surface area contributed by atoms with Crippen LogP contribution in [0, 0.1) is 20.2 Å². The van der Waals surface area contributed by atoms with Crippen LogP contribution < -0.4 is 20.9 Å². The summed E-state index contributed by atoms with van der Waals surface area (Å²) in [4.78, 5) is 20.1. The van der Waals surface area contributed by atoms with Crippen molar-refractivity contribution in [1.29, 1.82) is 0 Å². The van der Waals surface area contributed by atoms with E-state index in [1.54, 1.807) is 0 Å². The largest absolute Gasteiger partial charge is 0.492 e. The topological polar surface area (TPSA) is 197 Å². The van der Waals surface area contributed by atoms with Crippen LogP contribution in [-0.2, 0) is 0 Å². The molecule has 0 aliphatic heterocycles. The maximum Gasteiger partial charge on any atom is 0.269 e. The number of benzene rings is 2. The van der Waals surface area contributed by atoms with E-state index in [1.807, 2.05) is 0 Å². The van der Waals surface area contributed by atoms with Crippen LogP contribution in [0.15, 0.2) is 48.5 Å². The van der Waals surface area contributed by atoms with Crippen molar-refractivity contribution >= 4 is 11.4 Å². The lowest BCUT2D eigenvalue weighted by atomic mass is 10.1. The quantitative estimate of drug-likeness (QED) is 0.241. The van der Waals surface area contributed by atoms with E-state index in [2.05, 4.69) is 0 Å². The van der Waals surface area contributed by atoms with Gasteiger partial charge in [0, 0.05) is 24.3 Å². The van der Waals surface area contributed by atoms with E-state index >= 15 is 0 Å². The number of nitro groups is 2. The Kier molecular flexibility index (Phi) is 7.39. The van der Waals surface area contributed by atoms with Crippen molar-refractivity contribution in [2.24, 2.45) is 11.5 Å². The van der Waals surface area contributed by atoms with Gasteiger partial charge in [-0.2, -0.15) is 0 Å². The van der Waals surface area contributed by atoms with Gasteiger partial charge in [-0.3, -0.25) is 26.0 Å². The Morgan fingerprint density at radius 3 is 1.72 bits per heavy atom. The molecule has 0 heterocycles. The van der Waals surface area contributed by atoms with Crippen LogP contribution in [0.1, 0.15) is 0 Å². The number of aliphatic hydroxyl groups excluding tert-OH is 2. The van der Waals surface area contributed by atoms with Gasteiger partial charge in [-0.15, -0.1) is 0 Å². The van der Waals surface area contributed by atoms with Crippen LogP contribution in [0.4, 0.5) is 11.4 Å². The fourth-order valence-electron chi connectivity index (χ4n) is 2.28. The van der Waals surface area contributed by atoms with Crippen LogP contribution in [0.5, 0.6) is 11.5 Å². The normalized spacial score (nSPS) is 15.0. The third-order valence-corrected chi connectivity index (χ3v) is 3.93. The number of nitrogens with two attached hydrogens (primary N) is 2. The third kappa shape index (κ3) is 6.08. The molecule has 0 radical (unpaired) electrons. The van der Waals surface area contributed by atoms with Crippen molar-refractivity contribution < 1.29 is 29.5 Å². The van der Waals surface area contributed by atoms with Crippen LogP contribution in [0.2, 0.25) is 0 Å². The summed E-state index contributed by atoms with van der Waals surface area (Å²) in [6.45, 7) is -0.208. The van der Waals surface area contributed by atoms with Crippen LogP contribution in [0.25, 0.3) is 0 Å². The summed E-state index contributed by atoms with van der Waals surface area (Å²) >= 11 is 0. The van der Waals surface area contributed by atoms with Gasteiger partial charge in [-0.25, -0.2) is 0 Å². The molecule has 0 saturated carbocycles. The van der Waals surface area contributed by atoms with Gasteiger partial charge in [0.05, 0.1) is 15.9 Å². The Morgan fingerprint density at radius 1 is 0.828 bits per heavy atom. The minimum atomic E-state index is -1.58. The van der Waals surface area contributed by atoms with E-state index in [1.165, 1.54) is 48.5 Å². The molecule has 0 bridgehead atoms. The highest BCUT2D eigenvalue weighted by atomic mass is 16.6. The molecule has 6 N–H and O–H groups in total. The van der Waals surface area contributed by atoms with Crippen LogP contribution in [-0.4, -0.2) is 51.1 Å². The third-order valence-electron chi connectivity index (χ3n) is 3.93. The van der Waals surface area contributed by atoms with Crippen molar-refractivity contribution in [1.82, 2.24) is 0 Å². The van der Waals surface area contributed by atoms with E-state index in [0.29, 0.717) is 5.75 Å². The standard InChI is InChI=1S/C17H20N4O8/c18-14(9-28-12-5-1-10(2-6-12)20(24)25)15(22)16(23)17(19)29-13-7-3-11(4-8-13)21(26)27/h1-8,14-17,22-23H,9,18-19H2/t14-,15+,16-,17-/m0/s1. The van der Waals surface area contributed by atoms with Gasteiger partial charge < -0.3 is 25.4 Å². The number of nitro benzene ring substituents is 2. The summed E-state index contributed by atoms with van der Waals surface area (Å²) in [5.74, 6) is 0.448. The van der Waals surface area contributed by atoms with Crippen molar-refractivity contribution in [3.8, 4) is 11.5 Å². The van der Waals surface area contributed by atoms with E-state index in [4.69, 9.17) is 20.9 Å². The molecule has 12 heteroatoms. The van der Waals surface area contributed by atoms with E-state index < -0.39 is 34.3 Å². The molecule has 0 amide bonds. The van der Waals surface area contributed by atoms with Crippen molar-refractivity contribution in [3.05, 3.63) is 68.8 Å². The molecular formula is C17H20N4O8. The average Bonchev–Trinajstić information content (AvgIpc) is 2.71. The van der Waals surface area contributed by atoms with Gasteiger partial charge in [0.15, 0.2) is 6.23 Å². The second kappa shape index (κ2) is 9.75. The van der Waals surface area contributed by atoms with Crippen LogP contribution >= 0.6 is 0 Å². The molecule has 2 rings (SSSR count). The molecule has 156 valence electrons. The zero-order valence-electron chi connectivity index (χ0n) is 15.0. The van der Waals surface area contributed by atoms with Gasteiger partial charge in [-0.05, 0) is 24.3 Å². The maximum atomic E-state index is 10.6. The SMILES string of the molecule is N[C@@H](COc1ccc([N+](=O)[O-])cc1)[C@@H](O)[C@H](O)[C@@H](N)Oc1ccc([N+](=O)[O-])cc1. The summed E-state index contributed by atoms with van der Waals surface area (Å²) < 4.78 is 10.6. The van der Waals surface area contributed by atoms with Gasteiger partial charge in [0.1, 0.15) is 30.3 Å². The number of nitrogens with zero attached hydrogens (tertiary/aromatic N) is 2. The highest BCUT2D eigenvalue weighted by Gasteiger charge is 2.30. The monoisotopic (exact) mass is 408 g/mol. The van der Waals surface area contributed by atoms with Gasteiger partial charge in [0.2, 0.25) is 0 Å². The van der Waals surface area contributed by atoms with Crippen molar-refractivity contribution in [2.75, 3.05) is 6.61 Å². The molecule has 0 unspecified atom stereocenters. The summed E-state index contributed by atoms with van der Waals surface area (Å²) in [5, 5.41) is 41.5. The number of rotatable bonds is 10. The predicted molar refractivity (Wildman–Crippen MR) is 100 cm³/mol. The Balaban J connectivity index is 1.87. The summed E-state index contributed by atoms with van der Waals surface area (Å²) in [5.41, 5.74) is 11.3.